The average molecular weight is 314 g/mol. The summed E-state index contributed by atoms with van der Waals surface area (Å²) in [6.45, 7) is 3.24. The van der Waals surface area contributed by atoms with E-state index in [1.54, 1.807) is 25.1 Å². The van der Waals surface area contributed by atoms with E-state index in [1.807, 2.05) is 0 Å². The van der Waals surface area contributed by atoms with Gasteiger partial charge in [0.25, 0.3) is 5.91 Å². The molecule has 0 fully saturated rings. The summed E-state index contributed by atoms with van der Waals surface area (Å²) >= 11 is 5.88. The van der Waals surface area contributed by atoms with Crippen molar-refractivity contribution < 1.29 is 19.1 Å². The molecule has 0 saturated heterocycles. The zero-order valence-electron chi connectivity index (χ0n) is 11.6. The Labute approximate surface area is 126 Å². The number of hydrogen-bond acceptors (Lipinski definition) is 4. The number of benzene rings is 1. The lowest BCUT2D eigenvalue weighted by atomic mass is 10.2. The third kappa shape index (κ3) is 4.64. The van der Waals surface area contributed by atoms with E-state index in [2.05, 4.69) is 5.32 Å². The molecule has 1 unspecified atom stereocenters. The fourth-order valence-electron chi connectivity index (χ4n) is 1.49. The molecule has 1 aromatic rings. The van der Waals surface area contributed by atoms with E-state index in [0.29, 0.717) is 10.8 Å². The Morgan fingerprint density at radius 1 is 1.24 bits per heavy atom. The van der Waals surface area contributed by atoms with Crippen LogP contribution in [0.15, 0.2) is 18.2 Å². The minimum absolute atomic E-state index is 0.425. The van der Waals surface area contributed by atoms with E-state index in [-0.39, 0.29) is 0 Å². The number of nitrogens with two attached hydrogens (primary N) is 2. The van der Waals surface area contributed by atoms with Crippen LogP contribution in [0.1, 0.15) is 12.5 Å². The van der Waals surface area contributed by atoms with Crippen LogP contribution in [0.3, 0.4) is 0 Å². The molecule has 7 nitrogen and oxygen atoms in total. The molecule has 21 heavy (non-hydrogen) atoms. The van der Waals surface area contributed by atoms with E-state index >= 15 is 0 Å². The lowest BCUT2D eigenvalue weighted by molar-refractivity contribution is -0.136. The highest BCUT2D eigenvalue weighted by atomic mass is 35.5. The molecule has 5 N–H and O–H groups in total. The summed E-state index contributed by atoms with van der Waals surface area (Å²) in [7, 11) is 0. The Balaban J connectivity index is 2.72. The molecule has 1 atom stereocenters. The molecule has 3 amide bonds. The second-order valence-electron chi connectivity index (χ2n) is 4.42. The van der Waals surface area contributed by atoms with Crippen molar-refractivity contribution in [2.45, 2.75) is 26.0 Å². The molecule has 0 radical (unpaired) electrons. The van der Waals surface area contributed by atoms with Gasteiger partial charge in [0, 0.05) is 5.02 Å². The summed E-state index contributed by atoms with van der Waals surface area (Å²) in [6, 6.07) is 3.31. The number of rotatable bonds is 6. The van der Waals surface area contributed by atoms with Crippen LogP contribution < -0.4 is 21.5 Å². The quantitative estimate of drug-likeness (QED) is 0.633. The van der Waals surface area contributed by atoms with Crippen LogP contribution in [0.2, 0.25) is 5.02 Å². The van der Waals surface area contributed by atoms with Crippen molar-refractivity contribution in [3.63, 3.8) is 0 Å². The van der Waals surface area contributed by atoms with E-state index in [9.17, 15) is 14.4 Å². The first-order valence-corrected chi connectivity index (χ1v) is 6.42. The smallest absolute Gasteiger partial charge is 0.261 e. The number of aryl methyl sites for hydroxylation is 1. The number of primary amides is 2. The molecule has 0 heterocycles. The van der Waals surface area contributed by atoms with Crippen LogP contribution in [-0.4, -0.2) is 29.9 Å². The summed E-state index contributed by atoms with van der Waals surface area (Å²) < 4.78 is 5.40. The lowest BCUT2D eigenvalue weighted by Crippen LogP contribution is -2.54. The van der Waals surface area contributed by atoms with Crippen LogP contribution in [0, 0.1) is 6.92 Å². The van der Waals surface area contributed by atoms with Crippen LogP contribution in [0.25, 0.3) is 0 Å². The molecule has 0 spiro atoms. The molecular weight excluding hydrogens is 298 g/mol. The lowest BCUT2D eigenvalue weighted by Gasteiger charge is -2.18. The summed E-state index contributed by atoms with van der Waals surface area (Å²) in [4.78, 5) is 33.8. The maximum Gasteiger partial charge on any atom is 0.261 e. The predicted molar refractivity (Wildman–Crippen MR) is 76.6 cm³/mol. The van der Waals surface area contributed by atoms with Crippen LogP contribution >= 0.6 is 11.6 Å². The number of nitrogens with one attached hydrogen (secondary N) is 1. The molecule has 0 aliphatic carbocycles. The van der Waals surface area contributed by atoms with Crippen molar-refractivity contribution in [1.29, 1.82) is 0 Å². The molecule has 0 aromatic heterocycles. The van der Waals surface area contributed by atoms with Gasteiger partial charge < -0.3 is 21.5 Å². The van der Waals surface area contributed by atoms with E-state index < -0.39 is 29.9 Å². The Kier molecular flexibility index (Phi) is 5.54. The van der Waals surface area contributed by atoms with Crippen molar-refractivity contribution in [2.24, 2.45) is 11.5 Å². The third-order valence-corrected chi connectivity index (χ3v) is 3.09. The van der Waals surface area contributed by atoms with Crippen LogP contribution in [0.4, 0.5) is 0 Å². The second kappa shape index (κ2) is 6.94. The Hall–Kier alpha value is -2.28. The highest BCUT2D eigenvalue weighted by Gasteiger charge is 2.26. The van der Waals surface area contributed by atoms with Gasteiger partial charge in [-0.3, -0.25) is 14.4 Å². The van der Waals surface area contributed by atoms with Gasteiger partial charge in [-0.25, -0.2) is 0 Å². The minimum atomic E-state index is -1.57. The van der Waals surface area contributed by atoms with Gasteiger partial charge in [-0.2, -0.15) is 0 Å². The first-order valence-electron chi connectivity index (χ1n) is 6.04. The molecular formula is C13H16ClN3O4. The fourth-order valence-corrected chi connectivity index (χ4v) is 1.61. The number of carbonyl (C=O) groups is 3. The maximum absolute atomic E-state index is 11.8. The highest BCUT2D eigenvalue weighted by molar-refractivity contribution is 6.31. The standard InChI is InChI=1S/C13H16ClN3O4/c1-6-5-8(3-4-9(6)14)21-7(2)13(20)17-10(11(15)18)12(16)19/h3-5,7,10H,1-2H3,(H2,15,18)(H2,16,19)(H,17,20). The van der Waals surface area contributed by atoms with Crippen molar-refractivity contribution >= 4 is 29.3 Å². The Bertz CT molecular complexity index is 563. The van der Waals surface area contributed by atoms with Crippen molar-refractivity contribution in [1.82, 2.24) is 5.32 Å². The predicted octanol–water partition coefficient (Wildman–Crippen LogP) is -0.129. The van der Waals surface area contributed by atoms with Gasteiger partial charge in [-0.15, -0.1) is 0 Å². The molecule has 114 valence electrons. The van der Waals surface area contributed by atoms with Gasteiger partial charge >= 0.3 is 0 Å². The number of amides is 3. The zero-order valence-corrected chi connectivity index (χ0v) is 12.3. The summed E-state index contributed by atoms with van der Waals surface area (Å²) in [5, 5.41) is 2.69. The largest absolute Gasteiger partial charge is 0.481 e. The molecule has 8 heteroatoms. The number of ether oxygens (including phenoxy) is 1. The van der Waals surface area contributed by atoms with Gasteiger partial charge in [0.1, 0.15) is 5.75 Å². The summed E-state index contributed by atoms with van der Waals surface area (Å²) in [6.07, 6.45) is -0.952. The number of hydrogen-bond donors (Lipinski definition) is 3. The van der Waals surface area contributed by atoms with Gasteiger partial charge in [0.05, 0.1) is 0 Å². The average Bonchev–Trinajstić information content (AvgIpc) is 2.39. The minimum Gasteiger partial charge on any atom is -0.481 e. The number of carbonyl (C=O) groups excluding carboxylic acids is 3. The van der Waals surface area contributed by atoms with Gasteiger partial charge in [0.2, 0.25) is 11.8 Å². The Morgan fingerprint density at radius 2 is 1.81 bits per heavy atom. The van der Waals surface area contributed by atoms with E-state index in [0.717, 1.165) is 5.56 Å². The summed E-state index contributed by atoms with van der Waals surface area (Å²) in [5.41, 5.74) is 10.7. The Morgan fingerprint density at radius 3 is 2.29 bits per heavy atom. The topological polar surface area (TPSA) is 125 Å². The van der Waals surface area contributed by atoms with Gasteiger partial charge in [-0.1, -0.05) is 11.6 Å². The van der Waals surface area contributed by atoms with Crippen molar-refractivity contribution in [2.75, 3.05) is 0 Å². The first-order chi connectivity index (χ1) is 9.72. The van der Waals surface area contributed by atoms with Crippen LogP contribution in [0.5, 0.6) is 5.75 Å². The maximum atomic E-state index is 11.8. The zero-order chi connectivity index (χ0) is 16.2. The number of halogens is 1. The van der Waals surface area contributed by atoms with Gasteiger partial charge in [-0.05, 0) is 37.6 Å². The molecule has 0 saturated carbocycles. The normalized spacial score (nSPS) is 11.8. The highest BCUT2D eigenvalue weighted by Crippen LogP contribution is 2.21. The molecule has 0 aliphatic heterocycles. The first kappa shape index (κ1) is 16.8. The van der Waals surface area contributed by atoms with E-state index in [4.69, 9.17) is 27.8 Å². The summed E-state index contributed by atoms with van der Waals surface area (Å²) in [5.74, 6) is -2.34. The monoisotopic (exact) mass is 313 g/mol. The van der Waals surface area contributed by atoms with Crippen molar-refractivity contribution in [3.05, 3.63) is 28.8 Å². The van der Waals surface area contributed by atoms with Crippen molar-refractivity contribution in [3.8, 4) is 5.75 Å². The third-order valence-electron chi connectivity index (χ3n) is 2.67. The SMILES string of the molecule is Cc1cc(OC(C)C(=O)NC(C(N)=O)C(N)=O)ccc1Cl. The molecule has 0 bridgehead atoms. The molecule has 1 aromatic carbocycles. The molecule has 0 aliphatic rings. The fraction of sp³-hybridized carbons (Fsp3) is 0.308. The molecule has 1 rings (SSSR count). The van der Waals surface area contributed by atoms with E-state index in [1.165, 1.54) is 6.92 Å². The van der Waals surface area contributed by atoms with Crippen LogP contribution in [-0.2, 0) is 14.4 Å². The second-order valence-corrected chi connectivity index (χ2v) is 4.82. The van der Waals surface area contributed by atoms with Gasteiger partial charge in [0.15, 0.2) is 12.1 Å².